The minimum Gasteiger partial charge on any atom is -0.452 e. The highest BCUT2D eigenvalue weighted by Gasteiger charge is 2.37. The van der Waals surface area contributed by atoms with Crippen LogP contribution >= 0.6 is 11.6 Å². The van der Waals surface area contributed by atoms with Crippen LogP contribution in [0.15, 0.2) is 36.4 Å². The number of hydrogen-bond donors (Lipinski definition) is 2. The van der Waals surface area contributed by atoms with E-state index < -0.39 is 60.0 Å². The molecule has 2 amide bonds. The van der Waals surface area contributed by atoms with Crippen molar-refractivity contribution in [1.82, 2.24) is 5.32 Å². The number of carbonyl (C=O) groups is 3. The van der Waals surface area contributed by atoms with Crippen LogP contribution in [0, 0.1) is 6.92 Å². The monoisotopic (exact) mass is 496 g/mol. The number of anilines is 1. The van der Waals surface area contributed by atoms with Crippen LogP contribution in [-0.4, -0.2) is 30.9 Å². The summed E-state index contributed by atoms with van der Waals surface area (Å²) < 4.78 is 81.7. The van der Waals surface area contributed by atoms with Crippen molar-refractivity contribution >= 4 is 35.1 Å². The minimum atomic E-state index is -5.15. The Bertz CT molecular complexity index is 1040. The summed E-state index contributed by atoms with van der Waals surface area (Å²) in [6, 6.07) is 4.95. The SMILES string of the molecule is Cc1c(Cl)cccc1NC(=O)CNC(=O)COC(=O)c1cc(C(F)(F)F)cc(C(F)(F)F)c1. The third kappa shape index (κ3) is 7.38. The summed E-state index contributed by atoms with van der Waals surface area (Å²) in [6.07, 6.45) is -10.3. The number of carbonyl (C=O) groups excluding carboxylic acids is 3. The first-order valence-corrected chi connectivity index (χ1v) is 9.34. The molecule has 6 nitrogen and oxygen atoms in total. The molecular formula is C20H15ClF6N2O4. The van der Waals surface area contributed by atoms with E-state index in [-0.39, 0.29) is 18.2 Å². The molecule has 0 unspecified atom stereocenters. The largest absolute Gasteiger partial charge is 0.452 e. The number of benzene rings is 2. The second-order valence-electron chi connectivity index (χ2n) is 6.61. The lowest BCUT2D eigenvalue weighted by Crippen LogP contribution is -2.35. The fourth-order valence-electron chi connectivity index (χ4n) is 2.45. The molecule has 0 aromatic heterocycles. The van der Waals surface area contributed by atoms with Crippen LogP contribution in [0.4, 0.5) is 32.0 Å². The fraction of sp³-hybridized carbons (Fsp3) is 0.250. The normalized spacial score (nSPS) is 11.6. The van der Waals surface area contributed by atoms with Gasteiger partial charge >= 0.3 is 18.3 Å². The number of esters is 1. The molecule has 33 heavy (non-hydrogen) atoms. The average Bonchev–Trinajstić information content (AvgIpc) is 2.72. The highest BCUT2D eigenvalue weighted by Crippen LogP contribution is 2.36. The van der Waals surface area contributed by atoms with Crippen molar-refractivity contribution in [2.75, 3.05) is 18.5 Å². The fourth-order valence-corrected chi connectivity index (χ4v) is 2.63. The van der Waals surface area contributed by atoms with Gasteiger partial charge in [-0.3, -0.25) is 9.59 Å². The van der Waals surface area contributed by atoms with E-state index >= 15 is 0 Å². The Labute approximate surface area is 187 Å². The first-order chi connectivity index (χ1) is 15.2. The summed E-state index contributed by atoms with van der Waals surface area (Å²) in [5.74, 6) is -3.25. The number of amides is 2. The van der Waals surface area contributed by atoms with Gasteiger partial charge in [-0.2, -0.15) is 26.3 Å². The number of halogens is 7. The molecule has 2 aromatic carbocycles. The van der Waals surface area contributed by atoms with Gasteiger partial charge in [-0.15, -0.1) is 0 Å². The van der Waals surface area contributed by atoms with E-state index in [1.165, 1.54) is 0 Å². The predicted octanol–water partition coefficient (Wildman–Crippen LogP) is 4.60. The van der Waals surface area contributed by atoms with Crippen molar-refractivity contribution in [3.63, 3.8) is 0 Å². The summed E-state index contributed by atoms with van der Waals surface area (Å²) in [6.45, 7) is 0.0536. The van der Waals surface area contributed by atoms with Gasteiger partial charge in [0, 0.05) is 10.7 Å². The van der Waals surface area contributed by atoms with Crippen LogP contribution < -0.4 is 10.6 Å². The molecule has 0 saturated heterocycles. The van der Waals surface area contributed by atoms with Crippen LogP contribution in [-0.2, 0) is 26.7 Å². The molecule has 0 aliphatic heterocycles. The highest BCUT2D eigenvalue weighted by atomic mass is 35.5. The summed E-state index contributed by atoms with van der Waals surface area (Å²) in [5, 5.41) is 4.97. The van der Waals surface area contributed by atoms with Gasteiger partial charge in [0.25, 0.3) is 5.91 Å². The molecule has 0 radical (unpaired) electrons. The molecular weight excluding hydrogens is 482 g/mol. The Balaban J connectivity index is 1.96. The second kappa shape index (κ2) is 10.1. The number of hydrogen-bond acceptors (Lipinski definition) is 4. The van der Waals surface area contributed by atoms with E-state index in [1.54, 1.807) is 25.1 Å². The first kappa shape index (κ1) is 26.0. The zero-order chi connectivity index (χ0) is 25.0. The number of ether oxygens (including phenoxy) is 1. The highest BCUT2D eigenvalue weighted by molar-refractivity contribution is 6.31. The topological polar surface area (TPSA) is 84.5 Å². The van der Waals surface area contributed by atoms with Gasteiger partial charge in [-0.1, -0.05) is 17.7 Å². The summed E-state index contributed by atoms with van der Waals surface area (Å²) in [4.78, 5) is 35.6. The lowest BCUT2D eigenvalue weighted by molar-refractivity contribution is -0.143. The summed E-state index contributed by atoms with van der Waals surface area (Å²) in [5.41, 5.74) is -3.49. The maximum atomic E-state index is 12.9. The molecule has 0 heterocycles. The second-order valence-corrected chi connectivity index (χ2v) is 7.02. The lowest BCUT2D eigenvalue weighted by Gasteiger charge is -2.14. The Hall–Kier alpha value is -3.28. The number of nitrogens with one attached hydrogen (secondary N) is 2. The van der Waals surface area contributed by atoms with Crippen molar-refractivity contribution < 1.29 is 45.5 Å². The molecule has 0 aliphatic carbocycles. The maximum absolute atomic E-state index is 12.9. The smallest absolute Gasteiger partial charge is 0.416 e. The van der Waals surface area contributed by atoms with E-state index in [1.807, 2.05) is 0 Å². The van der Waals surface area contributed by atoms with Crippen LogP contribution in [0.2, 0.25) is 5.02 Å². The molecule has 0 bridgehead atoms. The Morgan fingerprint density at radius 1 is 0.939 bits per heavy atom. The van der Waals surface area contributed by atoms with Crippen molar-refractivity contribution in [3.05, 3.63) is 63.7 Å². The van der Waals surface area contributed by atoms with Gasteiger partial charge in [-0.05, 0) is 42.8 Å². The molecule has 13 heteroatoms. The number of rotatable bonds is 6. The molecule has 0 atom stereocenters. The first-order valence-electron chi connectivity index (χ1n) is 8.96. The van der Waals surface area contributed by atoms with E-state index in [9.17, 15) is 40.7 Å². The number of alkyl halides is 6. The molecule has 0 saturated carbocycles. The Morgan fingerprint density at radius 3 is 2.06 bits per heavy atom. The van der Waals surface area contributed by atoms with Crippen LogP contribution in [0.25, 0.3) is 0 Å². The molecule has 2 N–H and O–H groups in total. The zero-order valence-electron chi connectivity index (χ0n) is 16.7. The third-order valence-corrected chi connectivity index (χ3v) is 4.56. The molecule has 178 valence electrons. The van der Waals surface area contributed by atoms with Crippen LogP contribution in [0.5, 0.6) is 0 Å². The average molecular weight is 497 g/mol. The van der Waals surface area contributed by atoms with Gasteiger partial charge in [0.2, 0.25) is 5.91 Å². The van der Waals surface area contributed by atoms with Gasteiger partial charge in [-0.25, -0.2) is 4.79 Å². The quantitative estimate of drug-likeness (QED) is 0.452. The van der Waals surface area contributed by atoms with Gasteiger partial charge in [0.05, 0.1) is 23.2 Å². The van der Waals surface area contributed by atoms with Crippen molar-refractivity contribution in [2.24, 2.45) is 0 Å². The van der Waals surface area contributed by atoms with Gasteiger partial charge in [0.15, 0.2) is 6.61 Å². The molecule has 2 aromatic rings. The van der Waals surface area contributed by atoms with Crippen LogP contribution in [0.3, 0.4) is 0 Å². The maximum Gasteiger partial charge on any atom is 0.416 e. The van der Waals surface area contributed by atoms with Crippen molar-refractivity contribution in [2.45, 2.75) is 19.3 Å². The summed E-state index contributed by atoms with van der Waals surface area (Å²) >= 11 is 5.92. The summed E-state index contributed by atoms with van der Waals surface area (Å²) in [7, 11) is 0. The van der Waals surface area contributed by atoms with Crippen molar-refractivity contribution in [1.29, 1.82) is 0 Å². The minimum absolute atomic E-state index is 0.149. The molecule has 0 aliphatic rings. The van der Waals surface area contributed by atoms with Crippen LogP contribution in [0.1, 0.15) is 27.0 Å². The Kier molecular flexibility index (Phi) is 7.96. The van der Waals surface area contributed by atoms with Crippen molar-refractivity contribution in [3.8, 4) is 0 Å². The standard InChI is InChI=1S/C20H15ClF6N2O4/c1-10-14(21)3-2-4-15(10)29-16(30)8-28-17(31)9-33-18(32)11-5-12(19(22,23)24)7-13(6-11)20(25,26)27/h2-7H,8-9H2,1H3,(H,28,31)(H,29,30). The van der Waals surface area contributed by atoms with E-state index in [4.69, 9.17) is 11.6 Å². The molecule has 0 spiro atoms. The zero-order valence-corrected chi connectivity index (χ0v) is 17.4. The van der Waals surface area contributed by atoms with Gasteiger partial charge < -0.3 is 15.4 Å². The molecule has 0 fully saturated rings. The third-order valence-electron chi connectivity index (χ3n) is 4.15. The Morgan fingerprint density at radius 2 is 1.52 bits per heavy atom. The lowest BCUT2D eigenvalue weighted by atomic mass is 10.0. The van der Waals surface area contributed by atoms with E-state index in [0.717, 1.165) is 0 Å². The van der Waals surface area contributed by atoms with E-state index in [0.29, 0.717) is 16.3 Å². The predicted molar refractivity (Wildman–Crippen MR) is 105 cm³/mol. The molecule has 2 rings (SSSR count). The van der Waals surface area contributed by atoms with Gasteiger partial charge in [0.1, 0.15) is 0 Å². The van der Waals surface area contributed by atoms with E-state index in [2.05, 4.69) is 15.4 Å².